The Morgan fingerprint density at radius 2 is 1.93 bits per heavy atom. The minimum atomic E-state index is 0.108. The van der Waals surface area contributed by atoms with Crippen LogP contribution in [0.5, 0.6) is 5.75 Å². The Kier molecular flexibility index (Phi) is 9.27. The number of methoxy groups -OCH3 is 1. The van der Waals surface area contributed by atoms with Crippen molar-refractivity contribution in [2.24, 2.45) is 10.9 Å². The largest absolute Gasteiger partial charge is 0.496 e. The number of rotatable bonds is 10. The number of benzene rings is 1. The third-order valence-electron chi connectivity index (χ3n) is 6.51. The Balaban J connectivity index is 1.41. The second-order valence-electron chi connectivity index (χ2n) is 8.52. The first kappa shape index (κ1) is 22.9. The third kappa shape index (κ3) is 6.35. The summed E-state index contributed by atoms with van der Waals surface area (Å²) in [6.07, 6.45) is 8.11. The Morgan fingerprint density at radius 3 is 2.67 bits per heavy atom. The van der Waals surface area contributed by atoms with E-state index in [4.69, 9.17) is 14.2 Å². The molecule has 0 radical (unpaired) electrons. The van der Waals surface area contributed by atoms with Crippen molar-refractivity contribution >= 4 is 5.96 Å². The zero-order chi connectivity index (χ0) is 21.1. The summed E-state index contributed by atoms with van der Waals surface area (Å²) in [5, 5.41) is 7.01. The molecule has 0 atom stereocenters. The van der Waals surface area contributed by atoms with Gasteiger partial charge in [-0.2, -0.15) is 0 Å². The van der Waals surface area contributed by atoms with Crippen LogP contribution in [-0.4, -0.2) is 59.6 Å². The summed E-state index contributed by atoms with van der Waals surface area (Å²) in [7, 11) is 3.60. The number of guanidine groups is 1. The fraction of sp³-hybridized carbons (Fsp3) is 0.708. The zero-order valence-electron chi connectivity index (χ0n) is 18.8. The standard InChI is InChI=1S/C24H39N3O3/c1-25-23(26-14-7-15-30-18-20-10-16-29-17-11-20)27-19-24(12-5-6-13-24)21-8-3-4-9-22(21)28-2/h3-4,8-9,20H,5-7,10-19H2,1-2H3,(H2,25,26,27). The van der Waals surface area contributed by atoms with Gasteiger partial charge in [0, 0.05) is 57.5 Å². The molecule has 1 aromatic carbocycles. The minimum absolute atomic E-state index is 0.108. The van der Waals surface area contributed by atoms with Crippen LogP contribution in [-0.2, 0) is 14.9 Å². The van der Waals surface area contributed by atoms with Crippen LogP contribution >= 0.6 is 0 Å². The topological polar surface area (TPSA) is 64.1 Å². The van der Waals surface area contributed by atoms with Gasteiger partial charge in [0.05, 0.1) is 7.11 Å². The van der Waals surface area contributed by atoms with E-state index < -0.39 is 0 Å². The minimum Gasteiger partial charge on any atom is -0.496 e. The number of ether oxygens (including phenoxy) is 3. The van der Waals surface area contributed by atoms with Crippen LogP contribution in [0.3, 0.4) is 0 Å². The van der Waals surface area contributed by atoms with Gasteiger partial charge in [-0.05, 0) is 44.1 Å². The first-order chi connectivity index (χ1) is 14.8. The number of nitrogens with one attached hydrogen (secondary N) is 2. The summed E-state index contributed by atoms with van der Waals surface area (Å²) in [6.45, 7) is 5.13. The van der Waals surface area contributed by atoms with Gasteiger partial charge in [0.15, 0.2) is 5.96 Å². The fourth-order valence-electron chi connectivity index (χ4n) is 4.69. The van der Waals surface area contributed by atoms with Gasteiger partial charge in [-0.1, -0.05) is 31.0 Å². The molecule has 6 nitrogen and oxygen atoms in total. The molecule has 1 aliphatic carbocycles. The van der Waals surface area contributed by atoms with Crippen molar-refractivity contribution in [2.75, 3.05) is 53.7 Å². The van der Waals surface area contributed by atoms with Crippen molar-refractivity contribution in [3.05, 3.63) is 29.8 Å². The van der Waals surface area contributed by atoms with Crippen LogP contribution in [0.15, 0.2) is 29.3 Å². The molecule has 1 aliphatic heterocycles. The van der Waals surface area contributed by atoms with Gasteiger partial charge in [-0.3, -0.25) is 4.99 Å². The summed E-state index contributed by atoms with van der Waals surface area (Å²) in [5.41, 5.74) is 1.42. The lowest BCUT2D eigenvalue weighted by molar-refractivity contribution is 0.0203. The van der Waals surface area contributed by atoms with Gasteiger partial charge in [-0.25, -0.2) is 0 Å². The molecule has 2 N–H and O–H groups in total. The van der Waals surface area contributed by atoms with Gasteiger partial charge in [-0.15, -0.1) is 0 Å². The highest BCUT2D eigenvalue weighted by Gasteiger charge is 2.37. The lowest BCUT2D eigenvalue weighted by atomic mass is 9.78. The molecule has 2 aliphatic rings. The van der Waals surface area contributed by atoms with Gasteiger partial charge >= 0.3 is 0 Å². The van der Waals surface area contributed by atoms with E-state index >= 15 is 0 Å². The normalized spacial score (nSPS) is 19.6. The molecule has 0 unspecified atom stereocenters. The van der Waals surface area contributed by atoms with E-state index in [0.29, 0.717) is 5.92 Å². The highest BCUT2D eigenvalue weighted by molar-refractivity contribution is 5.79. The first-order valence-electron chi connectivity index (χ1n) is 11.5. The van der Waals surface area contributed by atoms with E-state index in [1.165, 1.54) is 31.2 Å². The Morgan fingerprint density at radius 1 is 1.17 bits per heavy atom. The number of nitrogens with zero attached hydrogens (tertiary/aromatic N) is 1. The van der Waals surface area contributed by atoms with E-state index in [2.05, 4.69) is 33.8 Å². The molecule has 168 valence electrons. The maximum Gasteiger partial charge on any atom is 0.191 e. The lowest BCUT2D eigenvalue weighted by Gasteiger charge is -2.32. The molecule has 0 amide bonds. The van der Waals surface area contributed by atoms with Crippen molar-refractivity contribution < 1.29 is 14.2 Å². The van der Waals surface area contributed by atoms with Crippen molar-refractivity contribution in [1.82, 2.24) is 10.6 Å². The second-order valence-corrected chi connectivity index (χ2v) is 8.52. The third-order valence-corrected chi connectivity index (χ3v) is 6.51. The molecule has 1 aromatic rings. The monoisotopic (exact) mass is 417 g/mol. The predicted molar refractivity (Wildman–Crippen MR) is 121 cm³/mol. The van der Waals surface area contributed by atoms with E-state index in [0.717, 1.165) is 70.5 Å². The molecule has 1 heterocycles. The van der Waals surface area contributed by atoms with Crippen molar-refractivity contribution in [3.8, 4) is 5.75 Å². The average molecular weight is 418 g/mol. The van der Waals surface area contributed by atoms with E-state index in [9.17, 15) is 0 Å². The van der Waals surface area contributed by atoms with Crippen LogP contribution in [0, 0.1) is 5.92 Å². The predicted octanol–water partition coefficient (Wildman–Crippen LogP) is 3.51. The molecule has 2 fully saturated rings. The van der Waals surface area contributed by atoms with Crippen LogP contribution in [0.2, 0.25) is 0 Å². The maximum atomic E-state index is 5.86. The number of hydrogen-bond acceptors (Lipinski definition) is 4. The van der Waals surface area contributed by atoms with Crippen LogP contribution in [0.1, 0.15) is 50.5 Å². The second kappa shape index (κ2) is 12.2. The summed E-state index contributed by atoms with van der Waals surface area (Å²) >= 11 is 0. The van der Waals surface area contributed by atoms with E-state index in [1.54, 1.807) is 7.11 Å². The summed E-state index contributed by atoms with van der Waals surface area (Å²) in [6, 6.07) is 8.45. The molecule has 1 saturated carbocycles. The SMILES string of the molecule is CN=C(NCCCOCC1CCOCC1)NCC1(c2ccccc2OC)CCCC1. The molecule has 0 aromatic heterocycles. The number of para-hydroxylation sites is 1. The van der Waals surface area contributed by atoms with Crippen molar-refractivity contribution in [2.45, 2.75) is 50.4 Å². The average Bonchev–Trinajstić information content (AvgIpc) is 3.28. The van der Waals surface area contributed by atoms with E-state index in [1.807, 2.05) is 13.1 Å². The molecule has 0 bridgehead atoms. The van der Waals surface area contributed by atoms with Crippen molar-refractivity contribution in [3.63, 3.8) is 0 Å². The molecule has 3 rings (SSSR count). The molecule has 1 saturated heterocycles. The molecular formula is C24H39N3O3. The Hall–Kier alpha value is -1.79. The highest BCUT2D eigenvalue weighted by Crippen LogP contribution is 2.44. The Bertz CT molecular complexity index is 653. The van der Waals surface area contributed by atoms with E-state index in [-0.39, 0.29) is 5.41 Å². The van der Waals surface area contributed by atoms with Crippen LogP contribution < -0.4 is 15.4 Å². The first-order valence-corrected chi connectivity index (χ1v) is 11.5. The molecular weight excluding hydrogens is 378 g/mol. The van der Waals surface area contributed by atoms with Gasteiger partial charge < -0.3 is 24.8 Å². The van der Waals surface area contributed by atoms with Gasteiger partial charge in [0.25, 0.3) is 0 Å². The van der Waals surface area contributed by atoms with Crippen LogP contribution in [0.25, 0.3) is 0 Å². The molecule has 30 heavy (non-hydrogen) atoms. The molecule has 6 heteroatoms. The van der Waals surface area contributed by atoms with Gasteiger partial charge in [0.1, 0.15) is 5.75 Å². The zero-order valence-corrected chi connectivity index (χ0v) is 18.8. The summed E-state index contributed by atoms with van der Waals surface area (Å²) < 4.78 is 16.9. The van der Waals surface area contributed by atoms with Gasteiger partial charge in [0.2, 0.25) is 0 Å². The maximum absolute atomic E-state index is 5.86. The quantitative estimate of drug-likeness (QED) is 0.347. The van der Waals surface area contributed by atoms with Crippen molar-refractivity contribution in [1.29, 1.82) is 0 Å². The fourth-order valence-corrected chi connectivity index (χ4v) is 4.69. The number of hydrogen-bond donors (Lipinski definition) is 2. The number of aliphatic imine (C=N–C) groups is 1. The van der Waals surface area contributed by atoms with Crippen LogP contribution in [0.4, 0.5) is 0 Å². The summed E-state index contributed by atoms with van der Waals surface area (Å²) in [4.78, 5) is 4.42. The Labute approximate surface area is 181 Å². The smallest absolute Gasteiger partial charge is 0.191 e. The summed E-state index contributed by atoms with van der Waals surface area (Å²) in [5.74, 6) is 2.52. The lowest BCUT2D eigenvalue weighted by Crippen LogP contribution is -2.45. The highest BCUT2D eigenvalue weighted by atomic mass is 16.5. The molecule has 0 spiro atoms.